The summed E-state index contributed by atoms with van der Waals surface area (Å²) in [5.74, 6) is 0. The molecular formula is C22H32S2. The minimum atomic E-state index is 1.40. The summed E-state index contributed by atoms with van der Waals surface area (Å²) in [5, 5.41) is 2.81. The summed E-state index contributed by atoms with van der Waals surface area (Å²) in [6.45, 7) is 16.0. The molecule has 0 unspecified atom stereocenters. The van der Waals surface area contributed by atoms with Gasteiger partial charge in [0, 0.05) is 20.2 Å². The van der Waals surface area contributed by atoms with Gasteiger partial charge < -0.3 is 0 Å². The van der Waals surface area contributed by atoms with Crippen LogP contribution in [-0.4, -0.2) is 0 Å². The Hall–Kier alpha value is -1.38. The van der Waals surface area contributed by atoms with Gasteiger partial charge in [0.05, 0.1) is 9.40 Å². The molecule has 4 aromatic rings. The predicted octanol–water partition coefficient (Wildman–Crippen LogP) is 9.37. The molecule has 0 aliphatic heterocycles. The van der Waals surface area contributed by atoms with Gasteiger partial charge >= 0.3 is 0 Å². The summed E-state index contributed by atoms with van der Waals surface area (Å²) < 4.78 is 5.69. The number of rotatable bonds is 0. The van der Waals surface area contributed by atoms with Gasteiger partial charge in [0.15, 0.2) is 0 Å². The average molecular weight is 361 g/mol. The van der Waals surface area contributed by atoms with Crippen LogP contribution in [0.1, 0.15) is 55.4 Å². The first kappa shape index (κ1) is 22.6. The normalized spacial score (nSPS) is 8.83. The molecule has 0 spiro atoms. The molecule has 0 amide bonds. The molecule has 0 atom stereocenters. The van der Waals surface area contributed by atoms with Gasteiger partial charge in [0.25, 0.3) is 0 Å². The van der Waals surface area contributed by atoms with Crippen molar-refractivity contribution in [1.29, 1.82) is 0 Å². The Labute approximate surface area is 156 Å². The third kappa shape index (κ3) is 4.81. The SMILES string of the molecule is CC.CC.CC.CC.c1ccc2c(c1)sc1c3ccccc3sc21. The minimum Gasteiger partial charge on any atom is -0.134 e. The van der Waals surface area contributed by atoms with E-state index in [-0.39, 0.29) is 0 Å². The van der Waals surface area contributed by atoms with Gasteiger partial charge in [0.2, 0.25) is 0 Å². The Kier molecular flexibility index (Phi) is 12.2. The topological polar surface area (TPSA) is 0 Å². The van der Waals surface area contributed by atoms with Crippen molar-refractivity contribution in [1.82, 2.24) is 0 Å². The summed E-state index contributed by atoms with van der Waals surface area (Å²) in [6.07, 6.45) is 0. The molecule has 4 rings (SSSR count). The van der Waals surface area contributed by atoms with Gasteiger partial charge in [0.1, 0.15) is 0 Å². The van der Waals surface area contributed by atoms with Crippen LogP contribution in [-0.2, 0) is 0 Å². The lowest BCUT2D eigenvalue weighted by atomic mass is 10.2. The maximum atomic E-state index is 2.23. The largest absolute Gasteiger partial charge is 0.134 e. The molecule has 2 heteroatoms. The fourth-order valence-electron chi connectivity index (χ4n) is 2.15. The molecule has 0 N–H and O–H groups in total. The van der Waals surface area contributed by atoms with E-state index < -0.39 is 0 Å². The summed E-state index contributed by atoms with van der Waals surface area (Å²) in [5.41, 5.74) is 0. The fraction of sp³-hybridized carbons (Fsp3) is 0.364. The zero-order valence-electron chi connectivity index (χ0n) is 16.4. The molecule has 0 radical (unpaired) electrons. The van der Waals surface area contributed by atoms with Gasteiger partial charge in [-0.15, -0.1) is 22.7 Å². The highest BCUT2D eigenvalue weighted by Gasteiger charge is 2.10. The highest BCUT2D eigenvalue weighted by molar-refractivity contribution is 7.36. The van der Waals surface area contributed by atoms with Crippen molar-refractivity contribution in [3.05, 3.63) is 48.5 Å². The van der Waals surface area contributed by atoms with Crippen LogP contribution in [0, 0.1) is 0 Å². The van der Waals surface area contributed by atoms with Crippen LogP contribution in [0.5, 0.6) is 0 Å². The lowest BCUT2D eigenvalue weighted by Gasteiger charge is -1.87. The summed E-state index contributed by atoms with van der Waals surface area (Å²) >= 11 is 3.82. The number of hydrogen-bond acceptors (Lipinski definition) is 2. The zero-order valence-corrected chi connectivity index (χ0v) is 18.1. The van der Waals surface area contributed by atoms with E-state index in [2.05, 4.69) is 48.5 Å². The molecule has 0 aliphatic rings. The Morgan fingerprint density at radius 1 is 0.458 bits per heavy atom. The van der Waals surface area contributed by atoms with E-state index in [4.69, 9.17) is 0 Å². The third-order valence-corrected chi connectivity index (χ3v) is 5.43. The Balaban J connectivity index is 0.000000588. The second-order valence-corrected chi connectivity index (χ2v) is 5.96. The predicted molar refractivity (Wildman–Crippen MR) is 120 cm³/mol. The molecular weight excluding hydrogens is 328 g/mol. The van der Waals surface area contributed by atoms with Crippen LogP contribution < -0.4 is 0 Å². The molecule has 0 aliphatic carbocycles. The van der Waals surface area contributed by atoms with E-state index in [1.807, 2.05) is 78.1 Å². The number of thiophene rings is 2. The van der Waals surface area contributed by atoms with E-state index in [0.29, 0.717) is 0 Å². The van der Waals surface area contributed by atoms with Gasteiger partial charge in [-0.25, -0.2) is 0 Å². The molecule has 0 nitrogen and oxygen atoms in total. The smallest absolute Gasteiger partial charge is 0.0542 e. The van der Waals surface area contributed by atoms with Crippen LogP contribution in [0.15, 0.2) is 48.5 Å². The summed E-state index contributed by atoms with van der Waals surface area (Å²) in [6, 6.07) is 17.4. The first-order chi connectivity index (χ1) is 11.9. The van der Waals surface area contributed by atoms with Crippen LogP contribution in [0.2, 0.25) is 0 Å². The molecule has 2 heterocycles. The van der Waals surface area contributed by atoms with Crippen molar-refractivity contribution < 1.29 is 0 Å². The molecule has 0 saturated carbocycles. The highest BCUT2D eigenvalue weighted by atomic mass is 32.1. The van der Waals surface area contributed by atoms with Crippen LogP contribution >= 0.6 is 22.7 Å². The second kappa shape index (κ2) is 13.0. The lowest BCUT2D eigenvalue weighted by Crippen LogP contribution is -1.58. The first-order valence-electron chi connectivity index (χ1n) is 9.22. The molecule has 132 valence electrons. The molecule has 2 aromatic heterocycles. The second-order valence-electron chi connectivity index (χ2n) is 3.85. The van der Waals surface area contributed by atoms with E-state index in [0.717, 1.165) is 0 Å². The maximum Gasteiger partial charge on any atom is 0.0542 e. The number of benzene rings is 2. The van der Waals surface area contributed by atoms with Crippen molar-refractivity contribution in [2.45, 2.75) is 55.4 Å². The van der Waals surface area contributed by atoms with Crippen LogP contribution in [0.3, 0.4) is 0 Å². The van der Waals surface area contributed by atoms with E-state index in [1.165, 1.54) is 29.6 Å². The average Bonchev–Trinajstić information content (AvgIpc) is 3.24. The van der Waals surface area contributed by atoms with Crippen LogP contribution in [0.4, 0.5) is 0 Å². The summed E-state index contributed by atoms with van der Waals surface area (Å²) in [7, 11) is 0. The van der Waals surface area contributed by atoms with Crippen molar-refractivity contribution in [3.8, 4) is 0 Å². The molecule has 0 saturated heterocycles. The van der Waals surface area contributed by atoms with Crippen LogP contribution in [0.25, 0.3) is 29.6 Å². The standard InChI is InChI=1S/C14H8S2.4C2H6/c1-3-7-11-9(5-1)13-14(15-11)10-6-2-4-8-12(10)16-13;4*1-2/h1-8H;4*1-2H3. The molecule has 0 fully saturated rings. The molecule has 2 aromatic carbocycles. The lowest BCUT2D eigenvalue weighted by molar-refractivity contribution is 1.50. The van der Waals surface area contributed by atoms with Gasteiger partial charge in [-0.3, -0.25) is 0 Å². The third-order valence-electron chi connectivity index (χ3n) is 2.89. The van der Waals surface area contributed by atoms with E-state index >= 15 is 0 Å². The van der Waals surface area contributed by atoms with E-state index in [1.54, 1.807) is 0 Å². The Morgan fingerprint density at radius 3 is 1.08 bits per heavy atom. The molecule has 24 heavy (non-hydrogen) atoms. The maximum absolute atomic E-state index is 2.23. The Morgan fingerprint density at radius 2 is 0.750 bits per heavy atom. The number of hydrogen-bond donors (Lipinski definition) is 0. The van der Waals surface area contributed by atoms with E-state index in [9.17, 15) is 0 Å². The summed E-state index contributed by atoms with van der Waals surface area (Å²) in [4.78, 5) is 0. The minimum absolute atomic E-state index is 1.40. The fourth-order valence-corrected chi connectivity index (χ4v) is 4.81. The van der Waals surface area contributed by atoms with Crippen molar-refractivity contribution in [2.75, 3.05) is 0 Å². The quantitative estimate of drug-likeness (QED) is 0.293. The van der Waals surface area contributed by atoms with Crippen molar-refractivity contribution in [3.63, 3.8) is 0 Å². The van der Waals surface area contributed by atoms with Gasteiger partial charge in [-0.1, -0.05) is 91.8 Å². The molecule has 0 bridgehead atoms. The Bertz CT molecular complexity index is 737. The van der Waals surface area contributed by atoms with Crippen molar-refractivity contribution in [2.24, 2.45) is 0 Å². The number of fused-ring (bicyclic) bond motifs is 5. The van der Waals surface area contributed by atoms with Gasteiger partial charge in [-0.2, -0.15) is 0 Å². The van der Waals surface area contributed by atoms with Gasteiger partial charge in [-0.05, 0) is 12.1 Å². The monoisotopic (exact) mass is 360 g/mol. The van der Waals surface area contributed by atoms with Crippen molar-refractivity contribution >= 4 is 52.2 Å². The first-order valence-corrected chi connectivity index (χ1v) is 10.9. The highest BCUT2D eigenvalue weighted by Crippen LogP contribution is 2.43. The zero-order chi connectivity index (χ0) is 18.5.